The molecule has 0 unspecified atom stereocenters. The Kier molecular flexibility index (Phi) is 6.84. The highest BCUT2D eigenvalue weighted by Gasteiger charge is 2.13. The predicted molar refractivity (Wildman–Crippen MR) is 130 cm³/mol. The van der Waals surface area contributed by atoms with Crippen LogP contribution in [0.5, 0.6) is 0 Å². The van der Waals surface area contributed by atoms with Crippen LogP contribution in [0.4, 0.5) is 0 Å². The third-order valence-electron chi connectivity index (χ3n) is 4.73. The van der Waals surface area contributed by atoms with Crippen LogP contribution < -0.4 is 5.43 Å². The van der Waals surface area contributed by atoms with Crippen molar-refractivity contribution >= 4 is 50.3 Å². The molecule has 1 aromatic heterocycles. The Labute approximate surface area is 193 Å². The van der Waals surface area contributed by atoms with E-state index in [1.807, 2.05) is 67.6 Å². The summed E-state index contributed by atoms with van der Waals surface area (Å²) < 4.78 is 3.12. The van der Waals surface area contributed by atoms with Crippen LogP contribution in [0.2, 0.25) is 0 Å². The van der Waals surface area contributed by atoms with E-state index in [-0.39, 0.29) is 11.7 Å². The molecule has 1 heterocycles. The minimum atomic E-state index is -0.169. The lowest BCUT2D eigenvalue weighted by Gasteiger charge is -2.09. The van der Waals surface area contributed by atoms with Gasteiger partial charge in [-0.1, -0.05) is 82.3 Å². The number of aromatic nitrogens is 2. The molecule has 4 aromatic rings. The fourth-order valence-corrected chi connectivity index (χ4v) is 4.37. The van der Waals surface area contributed by atoms with Crippen molar-refractivity contribution in [1.29, 1.82) is 0 Å². The maximum atomic E-state index is 12.4. The van der Waals surface area contributed by atoms with Gasteiger partial charge >= 0.3 is 0 Å². The monoisotopic (exact) mass is 492 g/mol. The molecule has 0 saturated heterocycles. The minimum absolute atomic E-state index is 0.169. The summed E-state index contributed by atoms with van der Waals surface area (Å²) >= 11 is 4.86. The second kappa shape index (κ2) is 9.94. The number of carbonyl (C=O) groups excluding carboxylic acids is 1. The van der Waals surface area contributed by atoms with E-state index in [9.17, 15) is 4.79 Å². The van der Waals surface area contributed by atoms with Crippen molar-refractivity contribution in [1.82, 2.24) is 15.0 Å². The van der Waals surface area contributed by atoms with Crippen LogP contribution in [-0.2, 0) is 11.3 Å². The summed E-state index contributed by atoms with van der Waals surface area (Å²) in [6.45, 7) is 2.57. The molecule has 0 aliphatic carbocycles. The number of carbonyl (C=O) groups is 1. The van der Waals surface area contributed by atoms with E-state index in [2.05, 4.69) is 49.2 Å². The van der Waals surface area contributed by atoms with Crippen molar-refractivity contribution in [3.63, 3.8) is 0 Å². The molecule has 0 saturated carbocycles. The third-order valence-corrected chi connectivity index (χ3v) is 6.20. The van der Waals surface area contributed by atoms with E-state index >= 15 is 0 Å². The lowest BCUT2D eigenvalue weighted by Crippen LogP contribution is -2.21. The van der Waals surface area contributed by atoms with Gasteiger partial charge in [0.05, 0.1) is 29.0 Å². The average molecular weight is 493 g/mol. The molecule has 0 atom stereocenters. The number of hydrogen-bond donors (Lipinski definition) is 1. The number of rotatable bonds is 7. The van der Waals surface area contributed by atoms with Gasteiger partial charge in [0.25, 0.3) is 5.91 Å². The van der Waals surface area contributed by atoms with Crippen molar-refractivity contribution < 1.29 is 4.79 Å². The Morgan fingerprint density at radius 3 is 2.65 bits per heavy atom. The van der Waals surface area contributed by atoms with Crippen molar-refractivity contribution in [3.05, 3.63) is 94.5 Å². The summed E-state index contributed by atoms with van der Waals surface area (Å²) in [6.07, 6.45) is 0. The number of fused-ring (bicyclic) bond motifs is 1. The van der Waals surface area contributed by atoms with Gasteiger partial charge in [-0.2, -0.15) is 5.10 Å². The van der Waals surface area contributed by atoms with Crippen molar-refractivity contribution in [2.75, 3.05) is 5.75 Å². The van der Waals surface area contributed by atoms with E-state index in [0.717, 1.165) is 31.9 Å². The Hall–Kier alpha value is -2.90. The molecule has 0 spiro atoms. The highest BCUT2D eigenvalue weighted by Crippen LogP contribution is 2.25. The summed E-state index contributed by atoms with van der Waals surface area (Å²) in [5.41, 5.74) is 7.51. The number of amides is 1. The zero-order valence-corrected chi connectivity index (χ0v) is 19.4. The smallest absolute Gasteiger partial charge is 0.250 e. The summed E-state index contributed by atoms with van der Waals surface area (Å²) in [7, 11) is 0. The normalized spacial score (nSPS) is 11.6. The molecule has 3 aromatic carbocycles. The second-order valence-corrected chi connectivity index (χ2v) is 8.84. The molecular weight excluding hydrogens is 472 g/mol. The number of hydrogen-bond acceptors (Lipinski definition) is 4. The average Bonchev–Trinajstić information content (AvgIpc) is 3.14. The summed E-state index contributed by atoms with van der Waals surface area (Å²) in [6, 6.07) is 26.1. The second-order valence-electron chi connectivity index (χ2n) is 6.99. The van der Waals surface area contributed by atoms with Crippen LogP contribution in [0.25, 0.3) is 11.0 Å². The predicted octanol–water partition coefficient (Wildman–Crippen LogP) is 5.48. The highest BCUT2D eigenvalue weighted by molar-refractivity contribution is 9.10. The Morgan fingerprint density at radius 2 is 1.84 bits per heavy atom. The number of nitrogens with one attached hydrogen (secondary N) is 1. The molecule has 31 heavy (non-hydrogen) atoms. The Balaban J connectivity index is 1.46. The van der Waals surface area contributed by atoms with Crippen LogP contribution in [0.3, 0.4) is 0 Å². The summed E-state index contributed by atoms with van der Waals surface area (Å²) in [5.74, 6) is 0.0607. The summed E-state index contributed by atoms with van der Waals surface area (Å²) in [4.78, 5) is 17.2. The van der Waals surface area contributed by atoms with Gasteiger partial charge in [0.15, 0.2) is 5.16 Å². The SMILES string of the molecule is C/C(=N/NC(=O)CSc1nc2ccccc2n1Cc1ccccc1)c1cccc(Br)c1. The van der Waals surface area contributed by atoms with E-state index < -0.39 is 0 Å². The molecule has 0 aliphatic heterocycles. The number of benzene rings is 3. The molecule has 1 N–H and O–H groups in total. The number of thioether (sulfide) groups is 1. The Bertz CT molecular complexity index is 1240. The minimum Gasteiger partial charge on any atom is -0.314 e. The highest BCUT2D eigenvalue weighted by atomic mass is 79.9. The van der Waals surface area contributed by atoms with Gasteiger partial charge in [-0.3, -0.25) is 4.79 Å². The molecule has 0 bridgehead atoms. The van der Waals surface area contributed by atoms with Gasteiger partial charge < -0.3 is 4.57 Å². The number of nitrogens with zero attached hydrogens (tertiary/aromatic N) is 3. The summed E-state index contributed by atoms with van der Waals surface area (Å²) in [5, 5.41) is 5.05. The quantitative estimate of drug-likeness (QED) is 0.211. The molecule has 0 aliphatic rings. The van der Waals surface area contributed by atoms with Gasteiger partial charge in [-0.25, -0.2) is 10.4 Å². The van der Waals surface area contributed by atoms with Gasteiger partial charge in [-0.05, 0) is 42.3 Å². The number of halogens is 1. The van der Waals surface area contributed by atoms with Crippen LogP contribution in [0.1, 0.15) is 18.1 Å². The first-order chi connectivity index (χ1) is 15.1. The lowest BCUT2D eigenvalue weighted by molar-refractivity contribution is -0.118. The molecular formula is C24H21BrN4OS. The third kappa shape index (κ3) is 5.42. The zero-order chi connectivity index (χ0) is 21.6. The fraction of sp³-hybridized carbons (Fsp3) is 0.125. The largest absolute Gasteiger partial charge is 0.314 e. The molecule has 4 rings (SSSR count). The Morgan fingerprint density at radius 1 is 1.06 bits per heavy atom. The molecule has 156 valence electrons. The molecule has 1 amide bonds. The van der Waals surface area contributed by atoms with Crippen LogP contribution in [0.15, 0.2) is 93.6 Å². The molecule has 0 fully saturated rings. The van der Waals surface area contributed by atoms with Gasteiger partial charge in [0.2, 0.25) is 0 Å². The van der Waals surface area contributed by atoms with Gasteiger partial charge in [0, 0.05) is 4.47 Å². The van der Waals surface area contributed by atoms with E-state index in [1.54, 1.807) is 0 Å². The zero-order valence-electron chi connectivity index (χ0n) is 17.0. The van der Waals surface area contributed by atoms with Crippen LogP contribution >= 0.6 is 27.7 Å². The first kappa shape index (κ1) is 21.3. The van der Waals surface area contributed by atoms with Crippen LogP contribution in [0, 0.1) is 0 Å². The van der Waals surface area contributed by atoms with E-state index in [0.29, 0.717) is 6.54 Å². The molecule has 5 nitrogen and oxygen atoms in total. The number of hydrazone groups is 1. The van der Waals surface area contributed by atoms with Crippen LogP contribution in [-0.4, -0.2) is 26.9 Å². The maximum Gasteiger partial charge on any atom is 0.250 e. The van der Waals surface area contributed by atoms with E-state index in [1.165, 1.54) is 17.3 Å². The van der Waals surface area contributed by atoms with Crippen molar-refractivity contribution in [2.24, 2.45) is 5.10 Å². The number of imidazole rings is 1. The number of para-hydroxylation sites is 2. The lowest BCUT2D eigenvalue weighted by atomic mass is 10.1. The maximum absolute atomic E-state index is 12.4. The first-order valence-corrected chi connectivity index (χ1v) is 11.6. The van der Waals surface area contributed by atoms with Gasteiger partial charge in [-0.15, -0.1) is 0 Å². The van der Waals surface area contributed by atoms with Crippen molar-refractivity contribution in [3.8, 4) is 0 Å². The topological polar surface area (TPSA) is 59.3 Å². The molecule has 0 radical (unpaired) electrons. The standard InChI is InChI=1S/C24H21BrN4OS/c1-17(19-10-7-11-20(25)14-19)27-28-23(30)16-31-24-26-21-12-5-6-13-22(21)29(24)15-18-8-3-2-4-9-18/h2-14H,15-16H2,1H3,(H,28,30)/b27-17-. The van der Waals surface area contributed by atoms with E-state index in [4.69, 9.17) is 4.98 Å². The van der Waals surface area contributed by atoms with Crippen molar-refractivity contribution in [2.45, 2.75) is 18.6 Å². The van der Waals surface area contributed by atoms with Gasteiger partial charge in [0.1, 0.15) is 0 Å². The first-order valence-electron chi connectivity index (χ1n) is 9.81. The fourth-order valence-electron chi connectivity index (χ4n) is 3.17. The molecule has 7 heteroatoms.